The van der Waals surface area contributed by atoms with Crippen molar-refractivity contribution in [2.24, 2.45) is 0 Å². The average molecular weight is 166 g/mol. The average Bonchev–Trinajstić information content (AvgIpc) is 2.32. The summed E-state index contributed by atoms with van der Waals surface area (Å²) in [5, 5.41) is 17.5. The van der Waals surface area contributed by atoms with Gasteiger partial charge in [-0.15, -0.1) is 0 Å². The van der Waals surface area contributed by atoms with Gasteiger partial charge in [0.05, 0.1) is 0 Å². The monoisotopic (exact) mass is 166 g/mol. The third-order valence-corrected chi connectivity index (χ3v) is 2.41. The molecule has 1 aliphatic rings. The Labute approximate surface area is 71.2 Å². The van der Waals surface area contributed by atoms with Gasteiger partial charge in [0.1, 0.15) is 11.4 Å². The van der Waals surface area contributed by atoms with Crippen LogP contribution in [-0.4, -0.2) is 17.2 Å². The third-order valence-electron chi connectivity index (χ3n) is 2.41. The zero-order chi connectivity index (χ0) is 8.55. The molecule has 0 spiro atoms. The number of hydrogen-bond acceptors (Lipinski definition) is 3. The van der Waals surface area contributed by atoms with Crippen molar-refractivity contribution in [3.05, 3.63) is 17.9 Å². The van der Waals surface area contributed by atoms with E-state index in [1.54, 1.807) is 6.07 Å². The molecule has 1 fully saturated rings. The van der Waals surface area contributed by atoms with E-state index in [2.05, 4.69) is 0 Å². The first kappa shape index (κ1) is 7.89. The minimum Gasteiger partial charge on any atom is -0.469 e. The van der Waals surface area contributed by atoms with Gasteiger partial charge in [0.2, 0.25) is 0 Å². The first-order chi connectivity index (χ1) is 5.77. The normalized spacial score (nSPS) is 17.5. The van der Waals surface area contributed by atoms with E-state index in [1.807, 2.05) is 6.07 Å². The van der Waals surface area contributed by atoms with Crippen LogP contribution in [0.5, 0.6) is 0 Å². The predicted octanol–water partition coefficient (Wildman–Crippen LogP) is 0.227. The van der Waals surface area contributed by atoms with E-state index in [0.717, 1.165) is 18.6 Å². The summed E-state index contributed by atoms with van der Waals surface area (Å²) in [5.41, 5.74) is 0.247. The lowest BCUT2D eigenvalue weighted by Gasteiger charge is -2.22. The minimum absolute atomic E-state index is 0.247. The van der Waals surface area contributed by atoms with Crippen molar-refractivity contribution in [3.8, 4) is 0 Å². The van der Waals surface area contributed by atoms with Gasteiger partial charge in [0.25, 0.3) is 0 Å². The van der Waals surface area contributed by atoms with Crippen LogP contribution >= 0.6 is 0 Å². The smallest absolute Gasteiger partial charge is 0.469 e. The van der Waals surface area contributed by atoms with E-state index in [0.29, 0.717) is 5.92 Å². The molecule has 0 radical (unpaired) electrons. The molecule has 1 heterocycles. The summed E-state index contributed by atoms with van der Waals surface area (Å²) >= 11 is 0. The van der Waals surface area contributed by atoms with E-state index < -0.39 is 7.12 Å². The molecular formula is C8H11BO3. The summed E-state index contributed by atoms with van der Waals surface area (Å²) in [4.78, 5) is 0. The first-order valence-corrected chi connectivity index (χ1v) is 4.23. The molecule has 1 saturated carbocycles. The fourth-order valence-electron chi connectivity index (χ4n) is 1.42. The van der Waals surface area contributed by atoms with Crippen molar-refractivity contribution in [2.75, 3.05) is 0 Å². The van der Waals surface area contributed by atoms with Crippen molar-refractivity contribution in [1.29, 1.82) is 0 Å². The quantitative estimate of drug-likeness (QED) is 0.618. The van der Waals surface area contributed by atoms with Gasteiger partial charge in [-0.25, -0.2) is 0 Å². The highest BCUT2D eigenvalue weighted by Crippen LogP contribution is 2.35. The van der Waals surface area contributed by atoms with E-state index in [-0.39, 0.29) is 5.66 Å². The molecule has 12 heavy (non-hydrogen) atoms. The van der Waals surface area contributed by atoms with Crippen LogP contribution in [0.15, 0.2) is 16.5 Å². The molecule has 0 unspecified atom stereocenters. The van der Waals surface area contributed by atoms with Gasteiger partial charge in [-0.3, -0.25) is 0 Å². The zero-order valence-electron chi connectivity index (χ0n) is 6.73. The van der Waals surface area contributed by atoms with Crippen molar-refractivity contribution in [3.63, 3.8) is 0 Å². The molecule has 1 aliphatic carbocycles. The lowest BCUT2D eigenvalue weighted by atomic mass is 9.84. The Bertz CT molecular complexity index is 265. The SMILES string of the molecule is OB(O)c1ccc(C2CCC2)o1. The Morgan fingerprint density at radius 2 is 2.08 bits per heavy atom. The predicted molar refractivity (Wildman–Crippen MR) is 45.1 cm³/mol. The summed E-state index contributed by atoms with van der Waals surface area (Å²) in [6.07, 6.45) is 3.57. The first-order valence-electron chi connectivity index (χ1n) is 4.23. The van der Waals surface area contributed by atoms with Gasteiger partial charge in [-0.05, 0) is 25.0 Å². The highest BCUT2D eigenvalue weighted by atomic mass is 16.4. The maximum absolute atomic E-state index is 8.77. The second-order valence-corrected chi connectivity index (χ2v) is 3.24. The molecule has 0 atom stereocenters. The van der Waals surface area contributed by atoms with Crippen molar-refractivity contribution in [1.82, 2.24) is 0 Å². The Balaban J connectivity index is 2.12. The molecule has 0 amide bonds. The minimum atomic E-state index is -1.47. The highest BCUT2D eigenvalue weighted by Gasteiger charge is 2.24. The highest BCUT2D eigenvalue weighted by molar-refractivity contribution is 6.56. The number of furan rings is 1. The van der Waals surface area contributed by atoms with Gasteiger partial charge >= 0.3 is 7.12 Å². The van der Waals surface area contributed by atoms with Crippen LogP contribution in [-0.2, 0) is 0 Å². The van der Waals surface area contributed by atoms with Gasteiger partial charge in [-0.1, -0.05) is 6.42 Å². The lowest BCUT2D eigenvalue weighted by molar-refractivity contribution is 0.344. The van der Waals surface area contributed by atoms with Crippen LogP contribution in [0.2, 0.25) is 0 Å². The third kappa shape index (κ3) is 1.28. The summed E-state index contributed by atoms with van der Waals surface area (Å²) < 4.78 is 5.25. The molecular weight excluding hydrogens is 155 g/mol. The fourth-order valence-corrected chi connectivity index (χ4v) is 1.42. The molecule has 0 aliphatic heterocycles. The van der Waals surface area contributed by atoms with E-state index in [1.165, 1.54) is 6.42 Å². The molecule has 1 aromatic rings. The summed E-state index contributed by atoms with van der Waals surface area (Å²) in [6.45, 7) is 0. The summed E-state index contributed by atoms with van der Waals surface area (Å²) in [7, 11) is -1.47. The summed E-state index contributed by atoms with van der Waals surface area (Å²) in [5.74, 6) is 1.40. The molecule has 0 saturated heterocycles. The molecule has 3 nitrogen and oxygen atoms in total. The van der Waals surface area contributed by atoms with E-state index >= 15 is 0 Å². The van der Waals surface area contributed by atoms with Crippen LogP contribution < -0.4 is 5.66 Å². The van der Waals surface area contributed by atoms with Gasteiger partial charge in [0.15, 0.2) is 0 Å². The Hall–Kier alpha value is -0.735. The van der Waals surface area contributed by atoms with Gasteiger partial charge < -0.3 is 14.5 Å². The standard InChI is InChI=1S/C8H11BO3/c10-9(11)8-5-4-7(12-8)6-2-1-3-6/h4-6,10-11H,1-3H2. The van der Waals surface area contributed by atoms with Crippen LogP contribution in [0, 0.1) is 0 Å². The maximum atomic E-state index is 8.77. The molecule has 0 aromatic carbocycles. The Morgan fingerprint density at radius 3 is 2.50 bits per heavy atom. The van der Waals surface area contributed by atoms with Gasteiger partial charge in [-0.2, -0.15) is 0 Å². The molecule has 2 rings (SSSR count). The fraction of sp³-hybridized carbons (Fsp3) is 0.500. The van der Waals surface area contributed by atoms with Crippen molar-refractivity contribution in [2.45, 2.75) is 25.2 Å². The van der Waals surface area contributed by atoms with Crippen LogP contribution in [0.25, 0.3) is 0 Å². The molecule has 64 valence electrons. The Kier molecular flexibility index (Phi) is 1.94. The Morgan fingerprint density at radius 1 is 1.33 bits per heavy atom. The molecule has 0 bridgehead atoms. The van der Waals surface area contributed by atoms with Crippen molar-refractivity contribution < 1.29 is 14.5 Å². The molecule has 1 aromatic heterocycles. The van der Waals surface area contributed by atoms with Gasteiger partial charge in [0, 0.05) is 5.92 Å². The van der Waals surface area contributed by atoms with E-state index in [4.69, 9.17) is 14.5 Å². The maximum Gasteiger partial charge on any atom is 0.526 e. The van der Waals surface area contributed by atoms with Crippen LogP contribution in [0.4, 0.5) is 0 Å². The largest absolute Gasteiger partial charge is 0.526 e. The van der Waals surface area contributed by atoms with Crippen LogP contribution in [0.1, 0.15) is 30.9 Å². The van der Waals surface area contributed by atoms with Crippen LogP contribution in [0.3, 0.4) is 0 Å². The topological polar surface area (TPSA) is 53.6 Å². The molecule has 2 N–H and O–H groups in total. The lowest BCUT2D eigenvalue weighted by Crippen LogP contribution is -2.28. The van der Waals surface area contributed by atoms with Crippen molar-refractivity contribution >= 4 is 12.8 Å². The second kappa shape index (κ2) is 2.96. The zero-order valence-corrected chi connectivity index (χ0v) is 6.73. The number of hydrogen-bond donors (Lipinski definition) is 2. The summed E-state index contributed by atoms with van der Waals surface area (Å²) in [6, 6.07) is 3.46. The van der Waals surface area contributed by atoms with E-state index in [9.17, 15) is 0 Å². The number of rotatable bonds is 2. The second-order valence-electron chi connectivity index (χ2n) is 3.24. The molecule has 4 heteroatoms.